The van der Waals surface area contributed by atoms with Gasteiger partial charge in [0.15, 0.2) is 6.61 Å². The van der Waals surface area contributed by atoms with E-state index < -0.39 is 0 Å². The highest BCUT2D eigenvalue weighted by atomic mass is 16.5. The molecule has 1 saturated heterocycles. The maximum Gasteiger partial charge on any atom is 0.275 e. The molecule has 0 aliphatic carbocycles. The Morgan fingerprint density at radius 3 is 2.16 bits per heavy atom. The average molecular weight is 588 g/mol. The van der Waals surface area contributed by atoms with E-state index in [1.54, 1.807) is 36.4 Å². The first-order valence-electron chi connectivity index (χ1n) is 14.6. The lowest BCUT2D eigenvalue weighted by molar-refractivity contribution is -0.133. The fourth-order valence-electron chi connectivity index (χ4n) is 5.33. The van der Waals surface area contributed by atoms with Gasteiger partial charge in [-0.1, -0.05) is 66.2 Å². The van der Waals surface area contributed by atoms with Crippen LogP contribution < -0.4 is 20.5 Å². The van der Waals surface area contributed by atoms with Crippen molar-refractivity contribution in [2.45, 2.75) is 13.5 Å². The minimum Gasteiger partial charge on any atom is -0.484 e. The number of hydrogen-bond donors (Lipinski definition) is 1. The largest absolute Gasteiger partial charge is 0.484 e. The molecule has 222 valence electrons. The van der Waals surface area contributed by atoms with Gasteiger partial charge in [0.25, 0.3) is 11.5 Å². The van der Waals surface area contributed by atoms with Crippen molar-refractivity contribution in [3.05, 3.63) is 119 Å². The monoisotopic (exact) mass is 587 g/mol. The topological polar surface area (TPSA) is 96.8 Å². The van der Waals surface area contributed by atoms with Gasteiger partial charge in [0.1, 0.15) is 12.3 Å². The quantitative estimate of drug-likeness (QED) is 0.282. The smallest absolute Gasteiger partial charge is 0.275 e. The molecule has 0 unspecified atom stereocenters. The first-order valence-corrected chi connectivity index (χ1v) is 14.6. The molecule has 5 aromatic rings. The van der Waals surface area contributed by atoms with Crippen molar-refractivity contribution < 1.29 is 14.3 Å². The number of carbonyl (C=O) groups excluding carboxylic acids is 2. The van der Waals surface area contributed by atoms with Gasteiger partial charge >= 0.3 is 0 Å². The van der Waals surface area contributed by atoms with Crippen LogP contribution in [0.2, 0.25) is 0 Å². The van der Waals surface area contributed by atoms with Crippen LogP contribution in [0.1, 0.15) is 5.56 Å². The molecule has 0 bridgehead atoms. The summed E-state index contributed by atoms with van der Waals surface area (Å²) in [5.41, 5.74) is 3.99. The number of aromatic nitrogens is 2. The van der Waals surface area contributed by atoms with E-state index in [1.165, 1.54) is 4.68 Å². The highest BCUT2D eigenvalue weighted by Gasteiger charge is 2.21. The second kappa shape index (κ2) is 12.8. The van der Waals surface area contributed by atoms with Gasteiger partial charge in [0, 0.05) is 48.5 Å². The Hall–Kier alpha value is -5.44. The summed E-state index contributed by atoms with van der Waals surface area (Å²) in [6.07, 6.45) is 0. The predicted octanol–water partition coefficient (Wildman–Crippen LogP) is 4.74. The Balaban J connectivity index is 1.05. The summed E-state index contributed by atoms with van der Waals surface area (Å²) in [7, 11) is 0. The lowest BCUT2D eigenvalue weighted by Crippen LogP contribution is -2.50. The Morgan fingerprint density at radius 2 is 1.45 bits per heavy atom. The second-order valence-corrected chi connectivity index (χ2v) is 10.8. The minimum absolute atomic E-state index is 0.0586. The number of hydrogen-bond acceptors (Lipinski definition) is 6. The van der Waals surface area contributed by atoms with Crippen LogP contribution in [0.25, 0.3) is 22.0 Å². The summed E-state index contributed by atoms with van der Waals surface area (Å²) in [4.78, 5) is 43.0. The van der Waals surface area contributed by atoms with Gasteiger partial charge in [-0.3, -0.25) is 14.4 Å². The van der Waals surface area contributed by atoms with E-state index in [-0.39, 0.29) is 30.5 Å². The normalized spacial score (nSPS) is 13.1. The number of para-hydroxylation sites is 1. The van der Waals surface area contributed by atoms with Crippen LogP contribution in [0.3, 0.4) is 0 Å². The molecule has 0 saturated carbocycles. The van der Waals surface area contributed by atoms with Crippen molar-refractivity contribution in [2.75, 3.05) is 43.0 Å². The molecule has 2 amide bonds. The zero-order chi connectivity index (χ0) is 30.5. The van der Waals surface area contributed by atoms with Gasteiger partial charge in [0.2, 0.25) is 5.91 Å². The summed E-state index contributed by atoms with van der Waals surface area (Å²) < 4.78 is 6.94. The molecule has 0 radical (unpaired) electrons. The van der Waals surface area contributed by atoms with Gasteiger partial charge in [-0.2, -0.15) is 5.10 Å². The molecule has 1 aliphatic heterocycles. The van der Waals surface area contributed by atoms with E-state index in [9.17, 15) is 14.4 Å². The third-order valence-electron chi connectivity index (χ3n) is 7.74. The van der Waals surface area contributed by atoms with E-state index in [0.29, 0.717) is 35.6 Å². The van der Waals surface area contributed by atoms with Gasteiger partial charge in [-0.05, 0) is 49.4 Å². The Morgan fingerprint density at radius 1 is 0.795 bits per heavy atom. The molecular weight excluding hydrogens is 554 g/mol. The van der Waals surface area contributed by atoms with Crippen molar-refractivity contribution in [1.82, 2.24) is 14.7 Å². The van der Waals surface area contributed by atoms with Crippen LogP contribution in [0.15, 0.2) is 108 Å². The molecule has 0 spiro atoms. The number of anilines is 2. The summed E-state index contributed by atoms with van der Waals surface area (Å²) >= 11 is 0. The highest BCUT2D eigenvalue weighted by Crippen LogP contribution is 2.25. The Kier molecular flexibility index (Phi) is 8.36. The third-order valence-corrected chi connectivity index (χ3v) is 7.74. The maximum atomic E-state index is 13.2. The zero-order valence-corrected chi connectivity index (χ0v) is 24.5. The first-order chi connectivity index (χ1) is 21.4. The zero-order valence-electron chi connectivity index (χ0n) is 24.5. The van der Waals surface area contributed by atoms with Crippen molar-refractivity contribution in [1.29, 1.82) is 0 Å². The van der Waals surface area contributed by atoms with Crippen molar-refractivity contribution in [3.63, 3.8) is 0 Å². The highest BCUT2D eigenvalue weighted by molar-refractivity contribution is 5.94. The maximum absolute atomic E-state index is 13.2. The van der Waals surface area contributed by atoms with E-state index in [1.807, 2.05) is 66.4 Å². The number of nitrogens with zero attached hydrogens (tertiary/aromatic N) is 4. The van der Waals surface area contributed by atoms with Crippen molar-refractivity contribution >= 4 is 34.0 Å². The lowest BCUT2D eigenvalue weighted by atomic mass is 10.0. The van der Waals surface area contributed by atoms with Crippen LogP contribution in [-0.4, -0.2) is 59.3 Å². The molecule has 6 rings (SSSR count). The summed E-state index contributed by atoms with van der Waals surface area (Å²) in [6, 6.07) is 32.2. The van der Waals surface area contributed by atoms with Crippen LogP contribution in [0.4, 0.5) is 11.4 Å². The number of amides is 2. The molecule has 1 aromatic heterocycles. The molecule has 2 heterocycles. The van der Waals surface area contributed by atoms with Gasteiger partial charge in [-0.15, -0.1) is 0 Å². The van der Waals surface area contributed by atoms with E-state index in [2.05, 4.69) is 27.4 Å². The Labute approximate surface area is 255 Å². The number of rotatable bonds is 8. The van der Waals surface area contributed by atoms with Crippen molar-refractivity contribution in [2.24, 2.45) is 0 Å². The molecule has 1 N–H and O–H groups in total. The van der Waals surface area contributed by atoms with Gasteiger partial charge < -0.3 is 19.9 Å². The molecule has 9 heteroatoms. The fraction of sp³-hybridized carbons (Fsp3) is 0.200. The molecule has 1 fully saturated rings. The molecule has 0 atom stereocenters. The average Bonchev–Trinajstić information content (AvgIpc) is 3.06. The fourth-order valence-corrected chi connectivity index (χ4v) is 5.33. The van der Waals surface area contributed by atoms with Crippen molar-refractivity contribution in [3.8, 4) is 17.0 Å². The number of aryl methyl sites for hydroxylation is 1. The van der Waals surface area contributed by atoms with Crippen LogP contribution in [0.5, 0.6) is 5.75 Å². The first kappa shape index (κ1) is 28.7. The summed E-state index contributed by atoms with van der Waals surface area (Å²) in [5.74, 6) is 0.0751. The number of piperazine rings is 1. The molecule has 1 aliphatic rings. The Bertz CT molecular complexity index is 1830. The lowest BCUT2D eigenvalue weighted by Gasteiger charge is -2.36. The third kappa shape index (κ3) is 6.47. The summed E-state index contributed by atoms with van der Waals surface area (Å²) in [5, 5.41) is 8.64. The number of fused-ring (bicyclic) bond motifs is 1. The van der Waals surface area contributed by atoms with E-state index >= 15 is 0 Å². The van der Waals surface area contributed by atoms with Crippen LogP contribution in [-0.2, 0) is 16.1 Å². The van der Waals surface area contributed by atoms with Gasteiger partial charge in [-0.25, -0.2) is 4.68 Å². The second-order valence-electron chi connectivity index (χ2n) is 10.8. The van der Waals surface area contributed by atoms with Crippen LogP contribution in [0, 0.1) is 6.92 Å². The SMILES string of the molecule is Cc1ccc(-c2nn(CC(=O)Nc3ccc(OCC(=O)N4CCN(c5ccccc5)CC4)cc3)c(=O)c3ccccc23)cc1. The summed E-state index contributed by atoms with van der Waals surface area (Å²) in [6.45, 7) is 4.54. The predicted molar refractivity (Wildman–Crippen MR) is 172 cm³/mol. The molecular formula is C35H33N5O4. The number of ether oxygens (including phenoxy) is 1. The van der Waals surface area contributed by atoms with E-state index in [4.69, 9.17) is 4.74 Å². The number of benzene rings is 4. The van der Waals surface area contributed by atoms with Gasteiger partial charge in [0.05, 0.1) is 11.1 Å². The standard InChI is InChI=1S/C35H33N5O4/c1-25-11-13-26(14-12-25)34-30-9-5-6-10-31(30)35(43)40(37-34)23-32(41)36-27-15-17-29(18-16-27)44-24-33(42)39-21-19-38(20-22-39)28-7-3-2-4-8-28/h2-18H,19-24H2,1H3,(H,36,41). The van der Waals surface area contributed by atoms with E-state index in [0.717, 1.165) is 35.3 Å². The number of nitrogens with one attached hydrogen (secondary N) is 1. The minimum atomic E-state index is -0.386. The molecule has 9 nitrogen and oxygen atoms in total. The van der Waals surface area contributed by atoms with Crippen LogP contribution >= 0.6 is 0 Å². The molecule has 44 heavy (non-hydrogen) atoms. The number of carbonyl (C=O) groups is 2. The molecule has 4 aromatic carbocycles.